The molecule has 0 amide bonds. The van der Waals surface area contributed by atoms with Crippen LogP contribution in [0.25, 0.3) is 0 Å². The number of hydrogen-bond donors (Lipinski definition) is 1. The molecule has 0 aliphatic heterocycles. The SMILES string of the molecule is CCCCCCc1c(C)ccnc1N. The van der Waals surface area contributed by atoms with E-state index in [2.05, 4.69) is 18.8 Å². The van der Waals surface area contributed by atoms with Gasteiger partial charge in [-0.05, 0) is 37.0 Å². The first-order valence-electron chi connectivity index (χ1n) is 5.45. The van der Waals surface area contributed by atoms with Crippen molar-refractivity contribution >= 4 is 5.82 Å². The molecule has 78 valence electrons. The first kappa shape index (κ1) is 11.0. The van der Waals surface area contributed by atoms with Crippen LogP contribution in [0.3, 0.4) is 0 Å². The molecule has 0 spiro atoms. The van der Waals surface area contributed by atoms with E-state index in [1.807, 2.05) is 6.07 Å². The average molecular weight is 192 g/mol. The highest BCUT2D eigenvalue weighted by Crippen LogP contribution is 2.16. The maximum atomic E-state index is 5.83. The minimum atomic E-state index is 0.710. The first-order chi connectivity index (χ1) is 6.75. The zero-order valence-corrected chi connectivity index (χ0v) is 9.21. The van der Waals surface area contributed by atoms with Crippen LogP contribution in [0.1, 0.15) is 43.7 Å². The molecular formula is C12H20N2. The second kappa shape index (κ2) is 5.63. The number of nitrogen functional groups attached to an aromatic ring is 1. The third-order valence-electron chi connectivity index (χ3n) is 2.60. The van der Waals surface area contributed by atoms with Gasteiger partial charge < -0.3 is 5.73 Å². The minimum Gasteiger partial charge on any atom is -0.383 e. The number of unbranched alkanes of at least 4 members (excludes halogenated alkanes) is 3. The molecule has 2 nitrogen and oxygen atoms in total. The molecule has 14 heavy (non-hydrogen) atoms. The molecule has 1 heterocycles. The van der Waals surface area contributed by atoms with Gasteiger partial charge in [0.25, 0.3) is 0 Å². The van der Waals surface area contributed by atoms with Gasteiger partial charge in [-0.1, -0.05) is 26.2 Å². The van der Waals surface area contributed by atoms with Crippen molar-refractivity contribution in [1.82, 2.24) is 4.98 Å². The van der Waals surface area contributed by atoms with E-state index in [0.29, 0.717) is 5.82 Å². The minimum absolute atomic E-state index is 0.710. The second-order valence-corrected chi connectivity index (χ2v) is 3.80. The molecule has 1 aromatic heterocycles. The summed E-state index contributed by atoms with van der Waals surface area (Å²) < 4.78 is 0. The Morgan fingerprint density at radius 3 is 2.71 bits per heavy atom. The summed E-state index contributed by atoms with van der Waals surface area (Å²) in [4.78, 5) is 4.12. The Morgan fingerprint density at radius 2 is 2.07 bits per heavy atom. The Balaban J connectivity index is 2.49. The zero-order valence-electron chi connectivity index (χ0n) is 9.21. The standard InChI is InChI=1S/C12H20N2/c1-3-4-5-6-7-11-10(2)8-9-14-12(11)13/h8-9H,3-7H2,1-2H3,(H2,13,14). The highest BCUT2D eigenvalue weighted by molar-refractivity contribution is 5.43. The number of aromatic nitrogens is 1. The third-order valence-corrected chi connectivity index (χ3v) is 2.60. The molecule has 0 radical (unpaired) electrons. The normalized spacial score (nSPS) is 10.4. The van der Waals surface area contributed by atoms with Gasteiger partial charge in [0.05, 0.1) is 0 Å². The van der Waals surface area contributed by atoms with Crippen molar-refractivity contribution in [2.24, 2.45) is 0 Å². The Hall–Kier alpha value is -1.05. The molecule has 0 atom stereocenters. The van der Waals surface area contributed by atoms with Crippen LogP contribution in [0.2, 0.25) is 0 Å². The van der Waals surface area contributed by atoms with Gasteiger partial charge in [0, 0.05) is 6.20 Å². The quantitative estimate of drug-likeness (QED) is 0.728. The van der Waals surface area contributed by atoms with Gasteiger partial charge in [0.1, 0.15) is 5.82 Å². The van der Waals surface area contributed by atoms with Crippen LogP contribution < -0.4 is 5.73 Å². The van der Waals surface area contributed by atoms with E-state index in [-0.39, 0.29) is 0 Å². The molecule has 2 N–H and O–H groups in total. The Morgan fingerprint density at radius 1 is 1.29 bits per heavy atom. The summed E-state index contributed by atoms with van der Waals surface area (Å²) in [6.07, 6.45) is 7.97. The smallest absolute Gasteiger partial charge is 0.126 e. The number of aryl methyl sites for hydroxylation is 1. The van der Waals surface area contributed by atoms with Crippen molar-refractivity contribution in [3.8, 4) is 0 Å². The Bertz CT molecular complexity index is 261. The van der Waals surface area contributed by atoms with E-state index in [4.69, 9.17) is 5.73 Å². The molecule has 0 saturated heterocycles. The zero-order chi connectivity index (χ0) is 10.4. The van der Waals surface area contributed by atoms with Crippen molar-refractivity contribution in [3.63, 3.8) is 0 Å². The molecule has 0 aliphatic carbocycles. The fourth-order valence-corrected chi connectivity index (χ4v) is 1.66. The van der Waals surface area contributed by atoms with Crippen molar-refractivity contribution in [1.29, 1.82) is 0 Å². The lowest BCUT2D eigenvalue weighted by molar-refractivity contribution is 0.665. The average Bonchev–Trinajstić information content (AvgIpc) is 2.16. The molecule has 0 aromatic carbocycles. The van der Waals surface area contributed by atoms with E-state index in [1.54, 1.807) is 6.20 Å². The van der Waals surface area contributed by atoms with Gasteiger partial charge in [-0.3, -0.25) is 0 Å². The van der Waals surface area contributed by atoms with Crippen molar-refractivity contribution in [2.45, 2.75) is 46.0 Å². The second-order valence-electron chi connectivity index (χ2n) is 3.80. The van der Waals surface area contributed by atoms with Crippen LogP contribution >= 0.6 is 0 Å². The molecule has 2 heteroatoms. The summed E-state index contributed by atoms with van der Waals surface area (Å²) in [6, 6.07) is 2.03. The van der Waals surface area contributed by atoms with Crippen LogP contribution in [0.5, 0.6) is 0 Å². The van der Waals surface area contributed by atoms with E-state index in [0.717, 1.165) is 6.42 Å². The van der Waals surface area contributed by atoms with Crippen LogP contribution in [0.4, 0.5) is 5.82 Å². The lowest BCUT2D eigenvalue weighted by Gasteiger charge is -2.07. The molecule has 1 rings (SSSR count). The van der Waals surface area contributed by atoms with Gasteiger partial charge >= 0.3 is 0 Å². The number of hydrogen-bond acceptors (Lipinski definition) is 2. The van der Waals surface area contributed by atoms with Gasteiger partial charge in [-0.15, -0.1) is 0 Å². The van der Waals surface area contributed by atoms with Crippen LogP contribution in [0, 0.1) is 6.92 Å². The summed E-state index contributed by atoms with van der Waals surface area (Å²) in [6.45, 7) is 4.33. The number of nitrogens with zero attached hydrogens (tertiary/aromatic N) is 1. The molecular weight excluding hydrogens is 172 g/mol. The molecule has 0 unspecified atom stereocenters. The van der Waals surface area contributed by atoms with E-state index >= 15 is 0 Å². The van der Waals surface area contributed by atoms with Crippen molar-refractivity contribution in [3.05, 3.63) is 23.4 Å². The maximum Gasteiger partial charge on any atom is 0.126 e. The van der Waals surface area contributed by atoms with Crippen LogP contribution in [-0.2, 0) is 6.42 Å². The number of nitrogens with two attached hydrogens (primary N) is 1. The summed E-state index contributed by atoms with van der Waals surface area (Å²) in [5, 5.41) is 0. The lowest BCUT2D eigenvalue weighted by atomic mass is 10.0. The predicted molar refractivity (Wildman–Crippen MR) is 61.2 cm³/mol. The van der Waals surface area contributed by atoms with Gasteiger partial charge in [0.2, 0.25) is 0 Å². The summed E-state index contributed by atoms with van der Waals surface area (Å²) in [5.41, 5.74) is 8.34. The summed E-state index contributed by atoms with van der Waals surface area (Å²) >= 11 is 0. The number of pyridine rings is 1. The highest BCUT2D eigenvalue weighted by atomic mass is 14.8. The fraction of sp³-hybridized carbons (Fsp3) is 0.583. The fourth-order valence-electron chi connectivity index (χ4n) is 1.66. The summed E-state index contributed by atoms with van der Waals surface area (Å²) in [5.74, 6) is 0.710. The number of anilines is 1. The van der Waals surface area contributed by atoms with E-state index < -0.39 is 0 Å². The number of rotatable bonds is 5. The molecule has 0 aliphatic rings. The van der Waals surface area contributed by atoms with Crippen molar-refractivity contribution in [2.75, 3.05) is 5.73 Å². The van der Waals surface area contributed by atoms with Gasteiger partial charge in [-0.2, -0.15) is 0 Å². The molecule has 0 fully saturated rings. The largest absolute Gasteiger partial charge is 0.383 e. The van der Waals surface area contributed by atoms with E-state index in [1.165, 1.54) is 36.8 Å². The molecule has 1 aromatic rings. The van der Waals surface area contributed by atoms with Crippen LogP contribution in [0.15, 0.2) is 12.3 Å². The molecule has 0 saturated carbocycles. The van der Waals surface area contributed by atoms with Gasteiger partial charge in [0.15, 0.2) is 0 Å². The summed E-state index contributed by atoms with van der Waals surface area (Å²) in [7, 11) is 0. The van der Waals surface area contributed by atoms with Gasteiger partial charge in [-0.25, -0.2) is 4.98 Å². The predicted octanol–water partition coefficient (Wildman–Crippen LogP) is 3.10. The topological polar surface area (TPSA) is 38.9 Å². The van der Waals surface area contributed by atoms with Crippen molar-refractivity contribution < 1.29 is 0 Å². The Kier molecular flexibility index (Phi) is 4.44. The Labute approximate surface area is 86.5 Å². The lowest BCUT2D eigenvalue weighted by Crippen LogP contribution is -2.00. The maximum absolute atomic E-state index is 5.83. The molecule has 0 bridgehead atoms. The van der Waals surface area contributed by atoms with E-state index in [9.17, 15) is 0 Å². The first-order valence-corrected chi connectivity index (χ1v) is 5.45. The monoisotopic (exact) mass is 192 g/mol. The third kappa shape index (κ3) is 3.02. The van der Waals surface area contributed by atoms with Crippen LogP contribution in [-0.4, -0.2) is 4.98 Å². The highest BCUT2D eigenvalue weighted by Gasteiger charge is 2.02.